The van der Waals surface area contributed by atoms with Gasteiger partial charge in [0.1, 0.15) is 0 Å². The third-order valence-electron chi connectivity index (χ3n) is 2.71. The Morgan fingerprint density at radius 1 is 1.37 bits per heavy atom. The number of aryl methyl sites for hydroxylation is 1. The van der Waals surface area contributed by atoms with Crippen LogP contribution in [-0.2, 0) is 6.54 Å². The fourth-order valence-electron chi connectivity index (χ4n) is 1.80. The molecular formula is C14H16N2O3. The summed E-state index contributed by atoms with van der Waals surface area (Å²) in [4.78, 5) is 13.8. The van der Waals surface area contributed by atoms with Crippen molar-refractivity contribution in [2.45, 2.75) is 13.5 Å². The number of amides is 1. The zero-order valence-electron chi connectivity index (χ0n) is 10.7. The Morgan fingerprint density at radius 2 is 2.11 bits per heavy atom. The lowest BCUT2D eigenvalue weighted by Gasteiger charge is -2.20. The van der Waals surface area contributed by atoms with Crippen LogP contribution in [0.4, 0.5) is 0 Å². The summed E-state index contributed by atoms with van der Waals surface area (Å²) in [5.74, 6) is -0.0691. The number of nitrogens with zero attached hydrogens (tertiary/aromatic N) is 2. The molecular weight excluding hydrogens is 244 g/mol. The van der Waals surface area contributed by atoms with Gasteiger partial charge in [-0.05, 0) is 12.5 Å². The van der Waals surface area contributed by atoms with Gasteiger partial charge < -0.3 is 14.5 Å². The van der Waals surface area contributed by atoms with Crippen LogP contribution in [0.2, 0.25) is 0 Å². The summed E-state index contributed by atoms with van der Waals surface area (Å²) in [5, 5.41) is 12.8. The topological polar surface area (TPSA) is 66.6 Å². The Morgan fingerprint density at radius 3 is 2.68 bits per heavy atom. The van der Waals surface area contributed by atoms with Crippen LogP contribution in [0.3, 0.4) is 0 Å². The van der Waals surface area contributed by atoms with E-state index < -0.39 is 0 Å². The molecule has 1 heterocycles. The number of carbonyl (C=O) groups is 1. The number of benzene rings is 1. The van der Waals surface area contributed by atoms with E-state index in [2.05, 4.69) is 5.16 Å². The van der Waals surface area contributed by atoms with Gasteiger partial charge in [-0.1, -0.05) is 35.5 Å². The molecule has 0 aliphatic carbocycles. The molecule has 0 unspecified atom stereocenters. The van der Waals surface area contributed by atoms with Crippen LogP contribution < -0.4 is 0 Å². The summed E-state index contributed by atoms with van der Waals surface area (Å²) in [6, 6.07) is 11.2. The molecule has 5 heteroatoms. The number of aliphatic hydroxyl groups excluding tert-OH is 1. The highest BCUT2D eigenvalue weighted by Crippen LogP contribution is 2.10. The van der Waals surface area contributed by atoms with E-state index in [1.54, 1.807) is 13.0 Å². The maximum atomic E-state index is 12.2. The van der Waals surface area contributed by atoms with Crippen molar-refractivity contribution in [3.8, 4) is 0 Å². The van der Waals surface area contributed by atoms with Crippen LogP contribution in [0.5, 0.6) is 0 Å². The van der Waals surface area contributed by atoms with Crippen LogP contribution in [0.25, 0.3) is 0 Å². The number of hydrogen-bond donors (Lipinski definition) is 1. The highest BCUT2D eigenvalue weighted by molar-refractivity contribution is 5.91. The van der Waals surface area contributed by atoms with Gasteiger partial charge in [0.05, 0.1) is 12.3 Å². The monoisotopic (exact) mass is 260 g/mol. The Kier molecular flexibility index (Phi) is 4.30. The van der Waals surface area contributed by atoms with E-state index in [0.29, 0.717) is 12.2 Å². The minimum absolute atomic E-state index is 0.0916. The third kappa shape index (κ3) is 3.42. The first-order valence-corrected chi connectivity index (χ1v) is 6.08. The van der Waals surface area contributed by atoms with E-state index in [0.717, 1.165) is 5.56 Å². The predicted octanol–water partition coefficient (Wildman–Crippen LogP) is 1.62. The molecule has 1 aromatic heterocycles. The van der Waals surface area contributed by atoms with Crippen molar-refractivity contribution in [2.75, 3.05) is 13.2 Å². The lowest BCUT2D eigenvalue weighted by Crippen LogP contribution is -2.32. The van der Waals surface area contributed by atoms with E-state index >= 15 is 0 Å². The number of rotatable bonds is 5. The van der Waals surface area contributed by atoms with Crippen molar-refractivity contribution in [3.63, 3.8) is 0 Å². The van der Waals surface area contributed by atoms with Gasteiger partial charge >= 0.3 is 0 Å². The Hall–Kier alpha value is -2.14. The van der Waals surface area contributed by atoms with Crippen molar-refractivity contribution in [2.24, 2.45) is 0 Å². The maximum absolute atomic E-state index is 12.2. The molecule has 0 radical (unpaired) electrons. The molecule has 0 bridgehead atoms. The van der Waals surface area contributed by atoms with Crippen LogP contribution in [0.15, 0.2) is 40.9 Å². The van der Waals surface area contributed by atoms with Crippen molar-refractivity contribution < 1.29 is 14.4 Å². The summed E-state index contributed by atoms with van der Waals surface area (Å²) in [5.41, 5.74) is 1.66. The van der Waals surface area contributed by atoms with Gasteiger partial charge in [-0.15, -0.1) is 0 Å². The molecule has 0 saturated heterocycles. The molecule has 1 aromatic carbocycles. The average molecular weight is 260 g/mol. The molecule has 0 atom stereocenters. The van der Waals surface area contributed by atoms with Gasteiger partial charge in [0.15, 0.2) is 0 Å². The first-order chi connectivity index (χ1) is 9.20. The van der Waals surface area contributed by atoms with Gasteiger partial charge in [0, 0.05) is 19.2 Å². The second kappa shape index (κ2) is 6.15. The summed E-state index contributed by atoms with van der Waals surface area (Å²) in [7, 11) is 0. The summed E-state index contributed by atoms with van der Waals surface area (Å²) >= 11 is 0. The molecule has 0 saturated carbocycles. The minimum Gasteiger partial charge on any atom is -0.395 e. The van der Waals surface area contributed by atoms with Crippen molar-refractivity contribution in [1.82, 2.24) is 10.1 Å². The normalized spacial score (nSPS) is 10.4. The van der Waals surface area contributed by atoms with Crippen molar-refractivity contribution in [1.29, 1.82) is 0 Å². The van der Waals surface area contributed by atoms with Crippen LogP contribution in [0, 0.1) is 6.92 Å². The highest BCUT2D eigenvalue weighted by Gasteiger charge is 2.19. The zero-order valence-corrected chi connectivity index (χ0v) is 10.7. The fourth-order valence-corrected chi connectivity index (χ4v) is 1.80. The Bertz CT molecular complexity index is 537. The third-order valence-corrected chi connectivity index (χ3v) is 2.71. The molecule has 2 aromatic rings. The molecule has 0 aliphatic rings. The maximum Gasteiger partial charge on any atom is 0.292 e. The quantitative estimate of drug-likeness (QED) is 0.887. The van der Waals surface area contributed by atoms with E-state index in [1.165, 1.54) is 4.90 Å². The van der Waals surface area contributed by atoms with Crippen LogP contribution >= 0.6 is 0 Å². The molecule has 19 heavy (non-hydrogen) atoms. The van der Waals surface area contributed by atoms with E-state index in [1.807, 2.05) is 30.3 Å². The molecule has 0 aliphatic heterocycles. The minimum atomic E-state index is -0.265. The summed E-state index contributed by atoms with van der Waals surface area (Å²) < 4.78 is 4.97. The van der Waals surface area contributed by atoms with Crippen molar-refractivity contribution >= 4 is 5.91 Å². The number of carbonyl (C=O) groups excluding carboxylic acids is 1. The summed E-state index contributed by atoms with van der Waals surface area (Å²) in [6.45, 7) is 2.35. The Balaban J connectivity index is 2.13. The number of aliphatic hydroxyl groups is 1. The SMILES string of the molecule is Cc1cc(C(=O)N(CCO)Cc2ccccc2)on1. The molecule has 100 valence electrons. The first kappa shape index (κ1) is 13.3. The predicted molar refractivity (Wildman–Crippen MR) is 69.5 cm³/mol. The van der Waals surface area contributed by atoms with Gasteiger partial charge in [-0.3, -0.25) is 4.79 Å². The van der Waals surface area contributed by atoms with Gasteiger partial charge in [-0.2, -0.15) is 0 Å². The van der Waals surface area contributed by atoms with E-state index in [9.17, 15) is 4.79 Å². The molecule has 0 fully saturated rings. The molecule has 1 amide bonds. The molecule has 5 nitrogen and oxygen atoms in total. The second-order valence-corrected chi connectivity index (χ2v) is 4.27. The Labute approximate surface area is 111 Å². The second-order valence-electron chi connectivity index (χ2n) is 4.27. The van der Waals surface area contributed by atoms with E-state index in [-0.39, 0.29) is 24.8 Å². The van der Waals surface area contributed by atoms with Gasteiger partial charge in [0.2, 0.25) is 5.76 Å². The number of hydrogen-bond acceptors (Lipinski definition) is 4. The van der Waals surface area contributed by atoms with Crippen LogP contribution in [-0.4, -0.2) is 34.2 Å². The van der Waals surface area contributed by atoms with Gasteiger partial charge in [-0.25, -0.2) is 0 Å². The standard InChI is InChI=1S/C14H16N2O3/c1-11-9-13(19-15-11)14(18)16(7-8-17)10-12-5-3-2-4-6-12/h2-6,9,17H,7-8,10H2,1H3. The number of aromatic nitrogens is 1. The lowest BCUT2D eigenvalue weighted by atomic mass is 10.2. The van der Waals surface area contributed by atoms with E-state index in [4.69, 9.17) is 9.63 Å². The van der Waals surface area contributed by atoms with Crippen molar-refractivity contribution in [3.05, 3.63) is 53.4 Å². The highest BCUT2D eigenvalue weighted by atomic mass is 16.5. The fraction of sp³-hybridized carbons (Fsp3) is 0.286. The van der Waals surface area contributed by atoms with Gasteiger partial charge in [0.25, 0.3) is 5.91 Å². The molecule has 0 spiro atoms. The average Bonchev–Trinajstić information content (AvgIpc) is 2.85. The first-order valence-electron chi connectivity index (χ1n) is 6.08. The summed E-state index contributed by atoms with van der Waals surface area (Å²) in [6.07, 6.45) is 0. The largest absolute Gasteiger partial charge is 0.395 e. The zero-order chi connectivity index (χ0) is 13.7. The van der Waals surface area contributed by atoms with Crippen LogP contribution in [0.1, 0.15) is 21.8 Å². The molecule has 2 rings (SSSR count). The smallest absolute Gasteiger partial charge is 0.292 e. The lowest BCUT2D eigenvalue weighted by molar-refractivity contribution is 0.0666. The molecule has 1 N–H and O–H groups in total.